The Kier molecular flexibility index (Phi) is 5.51. The number of amides is 1. The molecule has 1 heterocycles. The van der Waals surface area contributed by atoms with Gasteiger partial charge in [-0.25, -0.2) is 0 Å². The van der Waals surface area contributed by atoms with E-state index in [-0.39, 0.29) is 11.9 Å². The first-order chi connectivity index (χ1) is 12.1. The first kappa shape index (κ1) is 17.6. The van der Waals surface area contributed by atoms with Crippen LogP contribution in [0.2, 0.25) is 0 Å². The largest absolute Gasteiger partial charge is 0.385 e. The van der Waals surface area contributed by atoms with Gasteiger partial charge in [0.1, 0.15) is 5.60 Å². The molecule has 2 aromatic carbocycles. The number of aliphatic hydroxyl groups is 1. The van der Waals surface area contributed by atoms with Crippen molar-refractivity contribution in [1.82, 2.24) is 10.2 Å². The Morgan fingerprint density at radius 3 is 2.08 bits per heavy atom. The number of nitrogens with zero attached hydrogens (tertiary/aromatic N) is 1. The number of hydrogen-bond donors (Lipinski definition) is 2. The molecule has 1 aliphatic heterocycles. The van der Waals surface area contributed by atoms with Gasteiger partial charge in [0.15, 0.2) is 0 Å². The van der Waals surface area contributed by atoms with Gasteiger partial charge in [-0.3, -0.25) is 9.69 Å². The molecule has 0 spiro atoms. The van der Waals surface area contributed by atoms with Gasteiger partial charge in [0.05, 0.1) is 6.04 Å². The zero-order valence-corrected chi connectivity index (χ0v) is 14.7. The SMILES string of the molecule is CCCC(=O)NCC1(O)CN(C(c2ccccc2)c2ccccc2)C1. The smallest absolute Gasteiger partial charge is 0.220 e. The Balaban J connectivity index is 1.69. The highest BCUT2D eigenvalue weighted by atomic mass is 16.3. The van der Waals surface area contributed by atoms with E-state index in [9.17, 15) is 9.90 Å². The lowest BCUT2D eigenvalue weighted by Crippen LogP contribution is -2.66. The maximum atomic E-state index is 11.7. The first-order valence-corrected chi connectivity index (χ1v) is 8.94. The minimum atomic E-state index is -0.842. The first-order valence-electron chi connectivity index (χ1n) is 8.94. The topological polar surface area (TPSA) is 52.6 Å². The zero-order chi connectivity index (χ0) is 17.7. The van der Waals surface area contributed by atoms with Gasteiger partial charge >= 0.3 is 0 Å². The third-order valence-electron chi connectivity index (χ3n) is 4.68. The quantitative estimate of drug-likeness (QED) is 0.816. The highest BCUT2D eigenvalue weighted by Crippen LogP contribution is 2.35. The molecule has 3 rings (SSSR count). The van der Waals surface area contributed by atoms with Gasteiger partial charge < -0.3 is 10.4 Å². The third kappa shape index (κ3) is 4.27. The number of carbonyl (C=O) groups excluding carboxylic acids is 1. The lowest BCUT2D eigenvalue weighted by atomic mass is 9.87. The van der Waals surface area contributed by atoms with Crippen LogP contribution >= 0.6 is 0 Å². The summed E-state index contributed by atoms with van der Waals surface area (Å²) in [7, 11) is 0. The zero-order valence-electron chi connectivity index (χ0n) is 14.7. The number of carbonyl (C=O) groups is 1. The van der Waals surface area contributed by atoms with Crippen molar-refractivity contribution in [2.24, 2.45) is 0 Å². The molecular formula is C21H26N2O2. The maximum absolute atomic E-state index is 11.7. The van der Waals surface area contributed by atoms with Gasteiger partial charge in [0, 0.05) is 26.1 Å². The molecule has 4 heteroatoms. The monoisotopic (exact) mass is 338 g/mol. The van der Waals surface area contributed by atoms with E-state index in [1.165, 1.54) is 11.1 Å². The van der Waals surface area contributed by atoms with Crippen molar-refractivity contribution in [2.45, 2.75) is 31.4 Å². The Morgan fingerprint density at radius 2 is 1.60 bits per heavy atom. The van der Waals surface area contributed by atoms with Gasteiger partial charge in [-0.1, -0.05) is 67.6 Å². The molecule has 1 fully saturated rings. The number of β-amino-alcohol motifs (C(OH)–C–C–N with tert-alkyl or cyclic N) is 1. The standard InChI is InChI=1S/C21H26N2O2/c1-2-9-19(24)22-14-21(25)15-23(16-21)20(17-10-5-3-6-11-17)18-12-7-4-8-13-18/h3-8,10-13,20,25H,2,9,14-16H2,1H3,(H,22,24). The molecule has 25 heavy (non-hydrogen) atoms. The van der Waals surface area contributed by atoms with E-state index >= 15 is 0 Å². The van der Waals surface area contributed by atoms with Crippen LogP contribution in [-0.2, 0) is 4.79 Å². The fourth-order valence-corrected chi connectivity index (χ4v) is 3.47. The molecule has 4 nitrogen and oxygen atoms in total. The Hall–Kier alpha value is -2.17. The number of hydrogen-bond acceptors (Lipinski definition) is 3. The van der Waals surface area contributed by atoms with Crippen molar-refractivity contribution in [3.05, 3.63) is 71.8 Å². The third-order valence-corrected chi connectivity index (χ3v) is 4.68. The molecule has 0 atom stereocenters. The molecular weight excluding hydrogens is 312 g/mol. The van der Waals surface area contributed by atoms with E-state index < -0.39 is 5.60 Å². The van der Waals surface area contributed by atoms with Crippen LogP contribution in [0.3, 0.4) is 0 Å². The van der Waals surface area contributed by atoms with E-state index in [0.29, 0.717) is 26.1 Å². The van der Waals surface area contributed by atoms with Crippen LogP contribution in [0.5, 0.6) is 0 Å². The summed E-state index contributed by atoms with van der Waals surface area (Å²) in [4.78, 5) is 13.9. The molecule has 2 aromatic rings. The summed E-state index contributed by atoms with van der Waals surface area (Å²) in [5.41, 5.74) is 1.59. The molecule has 0 saturated carbocycles. The second kappa shape index (κ2) is 7.81. The molecule has 1 saturated heterocycles. The van der Waals surface area contributed by atoms with Crippen molar-refractivity contribution in [3.8, 4) is 0 Å². The molecule has 2 N–H and O–H groups in total. The van der Waals surface area contributed by atoms with Crippen molar-refractivity contribution < 1.29 is 9.90 Å². The van der Waals surface area contributed by atoms with Gasteiger partial charge in [-0.05, 0) is 17.5 Å². The van der Waals surface area contributed by atoms with Crippen molar-refractivity contribution in [1.29, 1.82) is 0 Å². The summed E-state index contributed by atoms with van der Waals surface area (Å²) in [5.74, 6) is 0.0112. The van der Waals surface area contributed by atoms with Crippen molar-refractivity contribution in [2.75, 3.05) is 19.6 Å². The van der Waals surface area contributed by atoms with Crippen LogP contribution in [0.4, 0.5) is 0 Å². The molecule has 0 aromatic heterocycles. The Bertz CT molecular complexity index is 642. The van der Waals surface area contributed by atoms with Crippen molar-refractivity contribution >= 4 is 5.91 Å². The Labute approximate surface area is 149 Å². The number of benzene rings is 2. The van der Waals surface area contributed by atoms with Crippen LogP contribution in [0, 0.1) is 0 Å². The minimum Gasteiger partial charge on any atom is -0.385 e. The highest BCUT2D eigenvalue weighted by molar-refractivity contribution is 5.75. The lowest BCUT2D eigenvalue weighted by molar-refractivity contribution is -0.129. The van der Waals surface area contributed by atoms with E-state index in [1.807, 2.05) is 43.3 Å². The van der Waals surface area contributed by atoms with Crippen LogP contribution < -0.4 is 5.32 Å². The van der Waals surface area contributed by atoms with Gasteiger partial charge in [-0.2, -0.15) is 0 Å². The maximum Gasteiger partial charge on any atom is 0.220 e. The Morgan fingerprint density at radius 1 is 1.08 bits per heavy atom. The van der Waals surface area contributed by atoms with E-state index in [2.05, 4.69) is 34.5 Å². The van der Waals surface area contributed by atoms with Gasteiger partial charge in [0.2, 0.25) is 5.91 Å². The number of likely N-dealkylation sites (tertiary alicyclic amines) is 1. The van der Waals surface area contributed by atoms with Crippen LogP contribution in [-0.4, -0.2) is 41.1 Å². The van der Waals surface area contributed by atoms with Crippen LogP contribution in [0.1, 0.15) is 36.9 Å². The fourth-order valence-electron chi connectivity index (χ4n) is 3.47. The summed E-state index contributed by atoms with van der Waals surface area (Å²) in [6, 6.07) is 20.8. The normalized spacial score (nSPS) is 16.4. The van der Waals surface area contributed by atoms with Crippen molar-refractivity contribution in [3.63, 3.8) is 0 Å². The molecule has 0 radical (unpaired) electrons. The van der Waals surface area contributed by atoms with Gasteiger partial charge in [-0.15, -0.1) is 0 Å². The van der Waals surface area contributed by atoms with E-state index in [1.54, 1.807) is 0 Å². The highest BCUT2D eigenvalue weighted by Gasteiger charge is 2.44. The second-order valence-electron chi connectivity index (χ2n) is 6.88. The number of nitrogens with one attached hydrogen (secondary N) is 1. The van der Waals surface area contributed by atoms with E-state index in [4.69, 9.17) is 0 Å². The summed E-state index contributed by atoms with van der Waals surface area (Å²) in [6.45, 7) is 3.39. The molecule has 0 aliphatic carbocycles. The van der Waals surface area contributed by atoms with Crippen LogP contribution in [0.25, 0.3) is 0 Å². The minimum absolute atomic E-state index is 0.0112. The molecule has 132 valence electrons. The average Bonchev–Trinajstić information content (AvgIpc) is 2.61. The summed E-state index contributed by atoms with van der Waals surface area (Å²) in [6.07, 6.45) is 1.33. The fraction of sp³-hybridized carbons (Fsp3) is 0.381. The summed E-state index contributed by atoms with van der Waals surface area (Å²) in [5, 5.41) is 13.5. The molecule has 0 unspecified atom stereocenters. The van der Waals surface area contributed by atoms with Crippen LogP contribution in [0.15, 0.2) is 60.7 Å². The summed E-state index contributed by atoms with van der Waals surface area (Å²) >= 11 is 0. The lowest BCUT2D eigenvalue weighted by Gasteiger charge is -2.50. The predicted molar refractivity (Wildman–Crippen MR) is 99.2 cm³/mol. The second-order valence-corrected chi connectivity index (χ2v) is 6.88. The number of rotatable bonds is 7. The molecule has 1 amide bonds. The van der Waals surface area contributed by atoms with Gasteiger partial charge in [0.25, 0.3) is 0 Å². The molecule has 1 aliphatic rings. The van der Waals surface area contributed by atoms with E-state index in [0.717, 1.165) is 6.42 Å². The summed E-state index contributed by atoms with van der Waals surface area (Å²) < 4.78 is 0. The predicted octanol–water partition coefficient (Wildman–Crippen LogP) is 2.74. The average molecular weight is 338 g/mol. The molecule has 0 bridgehead atoms.